The topological polar surface area (TPSA) is 63.8 Å². The summed E-state index contributed by atoms with van der Waals surface area (Å²) in [6.07, 6.45) is -3.81. The lowest BCUT2D eigenvalue weighted by molar-refractivity contribution is -0.144. The molecule has 1 aromatic heterocycles. The van der Waals surface area contributed by atoms with E-state index in [9.17, 15) is 13.2 Å². The quantitative estimate of drug-likeness (QED) is 0.875. The van der Waals surface area contributed by atoms with Gasteiger partial charge in [0.05, 0.1) is 0 Å². The molecule has 0 radical (unpaired) electrons. The molecule has 4 nitrogen and oxygen atoms in total. The summed E-state index contributed by atoms with van der Waals surface area (Å²) in [6.45, 7) is 5.92. The van der Waals surface area contributed by atoms with Gasteiger partial charge in [0.2, 0.25) is 5.82 Å². The molecule has 7 heteroatoms. The molecule has 1 unspecified atom stereocenters. The van der Waals surface area contributed by atoms with Crippen LogP contribution in [0.3, 0.4) is 0 Å². The van der Waals surface area contributed by atoms with Gasteiger partial charge in [0.25, 0.3) is 0 Å². The molecule has 18 heavy (non-hydrogen) atoms. The molecule has 1 atom stereocenters. The molecule has 0 saturated carbocycles. The van der Waals surface area contributed by atoms with E-state index in [0.717, 1.165) is 6.42 Å². The minimum absolute atomic E-state index is 0.0420. The van der Waals surface area contributed by atoms with Crippen molar-refractivity contribution in [2.24, 2.45) is 5.92 Å². The summed E-state index contributed by atoms with van der Waals surface area (Å²) in [5.74, 6) is -1.03. The molecule has 0 aliphatic heterocycles. The zero-order valence-electron chi connectivity index (χ0n) is 10.5. The van der Waals surface area contributed by atoms with Crippen LogP contribution >= 0.6 is 0 Å². The van der Waals surface area contributed by atoms with E-state index in [4.69, 9.17) is 5.73 Å². The van der Waals surface area contributed by atoms with Crippen LogP contribution in [0.4, 0.5) is 24.8 Å². The van der Waals surface area contributed by atoms with Crippen LogP contribution in [0.2, 0.25) is 0 Å². The summed E-state index contributed by atoms with van der Waals surface area (Å²) in [5.41, 5.74) is 5.36. The minimum Gasteiger partial charge on any atom is -0.384 e. The minimum atomic E-state index is -4.59. The van der Waals surface area contributed by atoms with Gasteiger partial charge in [-0.1, -0.05) is 20.8 Å². The molecule has 102 valence electrons. The first kappa shape index (κ1) is 14.5. The summed E-state index contributed by atoms with van der Waals surface area (Å²) in [5, 5.41) is 2.95. The van der Waals surface area contributed by atoms with Crippen molar-refractivity contribution in [2.45, 2.75) is 39.4 Å². The average Bonchev–Trinajstić information content (AvgIpc) is 2.23. The van der Waals surface area contributed by atoms with Crippen molar-refractivity contribution in [3.05, 3.63) is 11.9 Å². The fourth-order valence-electron chi connectivity index (χ4n) is 1.60. The number of alkyl halides is 3. The van der Waals surface area contributed by atoms with Crippen LogP contribution < -0.4 is 11.1 Å². The van der Waals surface area contributed by atoms with Crippen molar-refractivity contribution in [1.29, 1.82) is 0 Å². The summed E-state index contributed by atoms with van der Waals surface area (Å²) in [7, 11) is 0. The number of aromatic nitrogens is 2. The monoisotopic (exact) mass is 262 g/mol. The molecule has 0 aromatic carbocycles. The van der Waals surface area contributed by atoms with Gasteiger partial charge >= 0.3 is 6.18 Å². The summed E-state index contributed by atoms with van der Waals surface area (Å²) in [4.78, 5) is 6.63. The number of rotatable bonds is 4. The molecular formula is C11H17F3N4. The molecule has 0 aliphatic rings. The standard InChI is InChI=1S/C11H17F3N4/c1-4-7(6(2)3)16-9-5-8(15)17-10(18-9)11(12,13)14/h5-7H,4H2,1-3H3,(H3,15,16,17,18). The maximum absolute atomic E-state index is 12.5. The second kappa shape index (κ2) is 5.41. The number of halogens is 3. The Hall–Kier alpha value is -1.53. The predicted molar refractivity (Wildman–Crippen MR) is 64.0 cm³/mol. The van der Waals surface area contributed by atoms with Crippen LogP contribution in [-0.4, -0.2) is 16.0 Å². The van der Waals surface area contributed by atoms with Gasteiger partial charge in [-0.25, -0.2) is 9.97 Å². The smallest absolute Gasteiger partial charge is 0.384 e. The van der Waals surface area contributed by atoms with Gasteiger partial charge in [-0.15, -0.1) is 0 Å². The third-order valence-electron chi connectivity index (χ3n) is 2.58. The number of hydrogen-bond donors (Lipinski definition) is 2. The van der Waals surface area contributed by atoms with Gasteiger partial charge in [-0.2, -0.15) is 13.2 Å². The van der Waals surface area contributed by atoms with Crippen molar-refractivity contribution >= 4 is 11.6 Å². The zero-order chi connectivity index (χ0) is 13.9. The van der Waals surface area contributed by atoms with E-state index >= 15 is 0 Å². The zero-order valence-corrected chi connectivity index (χ0v) is 10.5. The van der Waals surface area contributed by atoms with Crippen molar-refractivity contribution in [2.75, 3.05) is 11.1 Å². The van der Waals surface area contributed by atoms with E-state index in [0.29, 0.717) is 0 Å². The van der Waals surface area contributed by atoms with Gasteiger partial charge in [0.1, 0.15) is 11.6 Å². The van der Waals surface area contributed by atoms with Crippen molar-refractivity contribution < 1.29 is 13.2 Å². The van der Waals surface area contributed by atoms with Gasteiger partial charge in [0.15, 0.2) is 0 Å². The summed E-state index contributed by atoms with van der Waals surface area (Å²) in [6, 6.07) is 1.35. The summed E-state index contributed by atoms with van der Waals surface area (Å²) >= 11 is 0. The molecule has 1 heterocycles. The van der Waals surface area contributed by atoms with Crippen molar-refractivity contribution in [1.82, 2.24) is 9.97 Å². The number of nitrogens with zero attached hydrogens (tertiary/aromatic N) is 2. The first-order chi connectivity index (χ1) is 8.24. The van der Waals surface area contributed by atoms with Crippen LogP contribution in [0.15, 0.2) is 6.07 Å². The Labute approximate surface area is 104 Å². The average molecular weight is 262 g/mol. The van der Waals surface area contributed by atoms with Gasteiger partial charge in [0, 0.05) is 12.1 Å². The van der Waals surface area contributed by atoms with Crippen molar-refractivity contribution in [3.8, 4) is 0 Å². The maximum Gasteiger partial charge on any atom is 0.451 e. The van der Waals surface area contributed by atoms with Crippen LogP contribution in [0, 0.1) is 5.92 Å². The fraction of sp³-hybridized carbons (Fsp3) is 0.636. The lowest BCUT2D eigenvalue weighted by atomic mass is 10.0. The van der Waals surface area contributed by atoms with E-state index < -0.39 is 12.0 Å². The molecule has 0 spiro atoms. The Kier molecular flexibility index (Phi) is 4.37. The lowest BCUT2D eigenvalue weighted by Crippen LogP contribution is -2.26. The van der Waals surface area contributed by atoms with Gasteiger partial charge in [-0.3, -0.25) is 0 Å². The number of nitrogens with one attached hydrogen (secondary N) is 1. The van der Waals surface area contributed by atoms with Crippen molar-refractivity contribution in [3.63, 3.8) is 0 Å². The van der Waals surface area contributed by atoms with E-state index in [2.05, 4.69) is 15.3 Å². The van der Waals surface area contributed by atoms with Crippen LogP contribution in [-0.2, 0) is 6.18 Å². The van der Waals surface area contributed by atoms with Gasteiger partial charge in [-0.05, 0) is 12.3 Å². The molecule has 3 N–H and O–H groups in total. The normalized spacial score (nSPS) is 13.7. The number of nitrogen functional groups attached to an aromatic ring is 1. The molecule has 1 aromatic rings. The lowest BCUT2D eigenvalue weighted by Gasteiger charge is -2.21. The molecular weight excluding hydrogens is 245 g/mol. The third-order valence-corrected chi connectivity index (χ3v) is 2.58. The SMILES string of the molecule is CCC(Nc1cc(N)nc(C(F)(F)F)n1)C(C)C. The number of anilines is 2. The summed E-state index contributed by atoms with van der Waals surface area (Å²) < 4.78 is 37.6. The Morgan fingerprint density at radius 3 is 2.39 bits per heavy atom. The molecule has 0 amide bonds. The number of nitrogens with two attached hydrogens (primary N) is 1. The van der Waals surface area contributed by atoms with E-state index in [1.165, 1.54) is 6.07 Å². The third kappa shape index (κ3) is 3.75. The van der Waals surface area contributed by atoms with E-state index in [-0.39, 0.29) is 23.6 Å². The first-order valence-corrected chi connectivity index (χ1v) is 5.72. The highest BCUT2D eigenvalue weighted by Gasteiger charge is 2.35. The Morgan fingerprint density at radius 1 is 1.33 bits per heavy atom. The van der Waals surface area contributed by atoms with Gasteiger partial charge < -0.3 is 11.1 Å². The van der Waals surface area contributed by atoms with E-state index in [1.54, 1.807) is 0 Å². The maximum atomic E-state index is 12.5. The number of hydrogen-bond acceptors (Lipinski definition) is 4. The molecule has 1 rings (SSSR count). The highest BCUT2D eigenvalue weighted by atomic mass is 19.4. The fourth-order valence-corrected chi connectivity index (χ4v) is 1.60. The predicted octanol–water partition coefficient (Wildman–Crippen LogP) is 2.92. The molecule has 0 bridgehead atoms. The first-order valence-electron chi connectivity index (χ1n) is 5.72. The molecule has 0 aliphatic carbocycles. The second-order valence-corrected chi connectivity index (χ2v) is 4.40. The van der Waals surface area contributed by atoms with E-state index in [1.807, 2.05) is 20.8 Å². The van der Waals surface area contributed by atoms with Crippen LogP contribution in [0.5, 0.6) is 0 Å². The molecule has 0 fully saturated rings. The Morgan fingerprint density at radius 2 is 1.94 bits per heavy atom. The van der Waals surface area contributed by atoms with Crippen LogP contribution in [0.1, 0.15) is 33.0 Å². The highest BCUT2D eigenvalue weighted by molar-refractivity contribution is 5.45. The highest BCUT2D eigenvalue weighted by Crippen LogP contribution is 2.28. The Bertz CT molecular complexity index is 404. The molecule has 0 saturated heterocycles. The largest absolute Gasteiger partial charge is 0.451 e. The van der Waals surface area contributed by atoms with Crippen LogP contribution in [0.25, 0.3) is 0 Å². The second-order valence-electron chi connectivity index (χ2n) is 4.40. The Balaban J connectivity index is 3.00.